The highest BCUT2D eigenvalue weighted by molar-refractivity contribution is 7.89. The molecule has 132 valence electrons. The zero-order valence-electron chi connectivity index (χ0n) is 13.0. The fourth-order valence-corrected chi connectivity index (χ4v) is 3.72. The second-order valence-electron chi connectivity index (χ2n) is 5.12. The van der Waals surface area contributed by atoms with E-state index in [4.69, 9.17) is 0 Å². The monoisotopic (exact) mass is 361 g/mol. The van der Waals surface area contributed by atoms with Crippen LogP contribution in [0.5, 0.6) is 0 Å². The minimum atomic E-state index is -3.84. The summed E-state index contributed by atoms with van der Waals surface area (Å²) in [5, 5.41) is 0. The van der Waals surface area contributed by atoms with Crippen molar-refractivity contribution in [1.29, 1.82) is 0 Å². The molecule has 1 amide bonds. The topological polar surface area (TPSA) is 99.0 Å². The highest BCUT2D eigenvalue weighted by Gasteiger charge is 2.33. The fraction of sp³-hybridized carbons (Fsp3) is 0.462. The van der Waals surface area contributed by atoms with Crippen molar-refractivity contribution in [3.8, 4) is 0 Å². The summed E-state index contributed by atoms with van der Waals surface area (Å²) in [5.74, 6) is -1.07. The largest absolute Gasteiger partial charge is 0.323 e. The lowest BCUT2D eigenvalue weighted by atomic mass is 10.3. The maximum Gasteiger partial charge on any atom is 0.304 e. The molecule has 0 unspecified atom stereocenters. The van der Waals surface area contributed by atoms with Crippen LogP contribution in [0.4, 0.5) is 4.39 Å². The summed E-state index contributed by atoms with van der Waals surface area (Å²) in [6, 6.07) is 4.47. The van der Waals surface area contributed by atoms with E-state index in [1.165, 1.54) is 24.1 Å². The van der Waals surface area contributed by atoms with Gasteiger partial charge in [0.25, 0.3) is 5.91 Å². The summed E-state index contributed by atoms with van der Waals surface area (Å²) in [4.78, 5) is 29.2. The molecule has 0 aliphatic carbocycles. The Hall–Kier alpha value is -2.11. The van der Waals surface area contributed by atoms with Gasteiger partial charge in [0.15, 0.2) is 4.87 Å². The van der Waals surface area contributed by atoms with E-state index in [1.807, 2.05) is 5.59 Å². The molecule has 9 nitrogen and oxygen atoms in total. The van der Waals surface area contributed by atoms with Crippen molar-refractivity contribution >= 4 is 15.9 Å². The second kappa shape index (κ2) is 7.64. The van der Waals surface area contributed by atoms with Crippen LogP contribution in [-0.2, 0) is 19.7 Å². The number of nitrogens with zero attached hydrogens (tertiary/aromatic N) is 3. The van der Waals surface area contributed by atoms with Crippen molar-refractivity contribution in [3.63, 3.8) is 0 Å². The van der Waals surface area contributed by atoms with Gasteiger partial charge in [0.2, 0.25) is 10.0 Å². The summed E-state index contributed by atoms with van der Waals surface area (Å²) in [6.45, 7) is -0.104. The molecule has 0 atom stereocenters. The number of hydrazine groups is 1. The van der Waals surface area contributed by atoms with E-state index in [0.29, 0.717) is 13.0 Å². The zero-order valence-corrected chi connectivity index (χ0v) is 13.8. The van der Waals surface area contributed by atoms with Crippen LogP contribution in [0.25, 0.3) is 0 Å². The van der Waals surface area contributed by atoms with Crippen LogP contribution in [0.3, 0.4) is 0 Å². The van der Waals surface area contributed by atoms with E-state index in [2.05, 4.69) is 4.84 Å². The molecule has 1 fully saturated rings. The number of halogens is 1. The molecular formula is C13H18FN4O5S+. The van der Waals surface area contributed by atoms with Gasteiger partial charge in [0.05, 0.1) is 23.6 Å². The summed E-state index contributed by atoms with van der Waals surface area (Å²) >= 11 is 0. The Morgan fingerprint density at radius 3 is 2.62 bits per heavy atom. The Balaban J connectivity index is 2.08. The maximum absolute atomic E-state index is 13.0. The van der Waals surface area contributed by atoms with Crippen molar-refractivity contribution in [2.45, 2.75) is 11.3 Å². The number of nitrogens with one attached hydrogen (secondary N) is 1. The summed E-state index contributed by atoms with van der Waals surface area (Å²) in [5.41, 5.74) is 1.95. The van der Waals surface area contributed by atoms with E-state index in [0.717, 1.165) is 16.4 Å². The number of rotatable bonds is 6. The van der Waals surface area contributed by atoms with Gasteiger partial charge in [0, 0.05) is 13.1 Å². The van der Waals surface area contributed by atoms with Crippen molar-refractivity contribution < 1.29 is 27.3 Å². The van der Waals surface area contributed by atoms with Crippen LogP contribution in [0.1, 0.15) is 6.42 Å². The molecule has 1 N–H and O–H groups in total. The molecule has 1 aliphatic heterocycles. The molecule has 0 spiro atoms. The second-order valence-corrected chi connectivity index (χ2v) is 7.06. The standard InChI is InChI=1S/C13H18FN4O5S/c1-23-15-18(20)9-13(19)16-7-2-8-17(10-16)24(21,22)12-5-3-11(14)4-6-12/h3-6H,2,7-10H2,1H3,(H,15,20)/q+1. The van der Waals surface area contributed by atoms with Gasteiger partial charge in [-0.1, -0.05) is 0 Å². The molecule has 2 rings (SSSR count). The van der Waals surface area contributed by atoms with Gasteiger partial charge < -0.3 is 4.90 Å². The van der Waals surface area contributed by atoms with Crippen molar-refractivity contribution in [3.05, 3.63) is 35.0 Å². The van der Waals surface area contributed by atoms with E-state index >= 15 is 0 Å². The quantitative estimate of drug-likeness (QED) is 0.559. The third-order valence-corrected chi connectivity index (χ3v) is 5.29. The van der Waals surface area contributed by atoms with E-state index in [-0.39, 0.29) is 23.0 Å². The molecule has 1 saturated heterocycles. The third kappa shape index (κ3) is 4.24. The van der Waals surface area contributed by atoms with Gasteiger partial charge in [-0.15, -0.1) is 0 Å². The predicted octanol–water partition coefficient (Wildman–Crippen LogP) is -0.149. The molecule has 1 aromatic rings. The van der Waals surface area contributed by atoms with Gasteiger partial charge in [-0.3, -0.25) is 4.79 Å². The number of carbonyl (C=O) groups excluding carboxylic acids is 1. The first kappa shape index (κ1) is 18.2. The normalized spacial score (nSPS) is 16.0. The molecule has 24 heavy (non-hydrogen) atoms. The van der Waals surface area contributed by atoms with Crippen LogP contribution in [-0.4, -0.2) is 61.8 Å². The molecule has 0 bridgehead atoms. The molecule has 1 heterocycles. The molecule has 1 aromatic carbocycles. The van der Waals surface area contributed by atoms with Crippen molar-refractivity contribution in [2.24, 2.45) is 0 Å². The number of carbonyl (C=O) groups is 1. The first-order valence-electron chi connectivity index (χ1n) is 7.11. The van der Waals surface area contributed by atoms with Gasteiger partial charge in [-0.25, -0.2) is 17.6 Å². The lowest BCUT2D eigenvalue weighted by Gasteiger charge is -2.33. The van der Waals surface area contributed by atoms with Crippen LogP contribution in [0, 0.1) is 10.7 Å². The van der Waals surface area contributed by atoms with Crippen molar-refractivity contribution in [1.82, 2.24) is 14.8 Å². The number of sulfonamides is 1. The first-order valence-corrected chi connectivity index (χ1v) is 8.55. The summed E-state index contributed by atoms with van der Waals surface area (Å²) in [7, 11) is -2.61. The first-order chi connectivity index (χ1) is 11.3. The molecule has 0 radical (unpaired) electrons. The minimum Gasteiger partial charge on any atom is -0.323 e. The third-order valence-electron chi connectivity index (χ3n) is 3.44. The lowest BCUT2D eigenvalue weighted by Crippen LogP contribution is -2.51. The smallest absolute Gasteiger partial charge is 0.304 e. The highest BCUT2D eigenvalue weighted by atomic mass is 32.2. The maximum atomic E-state index is 13.0. The van der Waals surface area contributed by atoms with Crippen LogP contribution in [0.15, 0.2) is 29.2 Å². The average molecular weight is 361 g/mol. The Bertz CT molecular complexity index is 710. The van der Waals surface area contributed by atoms with Gasteiger partial charge in [-0.2, -0.15) is 4.31 Å². The Morgan fingerprint density at radius 1 is 1.33 bits per heavy atom. The number of nitroso groups, excluding NO2 is 1. The van der Waals surface area contributed by atoms with Gasteiger partial charge in [-0.05, 0) is 36.3 Å². The van der Waals surface area contributed by atoms with E-state index in [9.17, 15) is 22.5 Å². The molecule has 0 saturated carbocycles. The van der Waals surface area contributed by atoms with Crippen LogP contribution >= 0.6 is 0 Å². The minimum absolute atomic E-state index is 0.0512. The molecular weight excluding hydrogens is 343 g/mol. The summed E-state index contributed by atoms with van der Waals surface area (Å²) < 4.78 is 39.2. The Morgan fingerprint density at radius 2 is 2.00 bits per heavy atom. The molecule has 1 aliphatic rings. The SMILES string of the molecule is CON[N+](=O)CC(=O)N1CCCN(S(=O)(=O)c2ccc(F)cc2)C1. The fourth-order valence-electron chi connectivity index (χ4n) is 2.28. The predicted molar refractivity (Wildman–Crippen MR) is 80.1 cm³/mol. The number of hydrogen-bond donors (Lipinski definition) is 1. The number of benzene rings is 1. The average Bonchev–Trinajstić information content (AvgIpc) is 2.55. The lowest BCUT2D eigenvalue weighted by molar-refractivity contribution is -0.649. The summed E-state index contributed by atoms with van der Waals surface area (Å²) in [6.07, 6.45) is 0.433. The van der Waals surface area contributed by atoms with Crippen molar-refractivity contribution in [2.75, 3.05) is 33.4 Å². The van der Waals surface area contributed by atoms with Gasteiger partial charge in [0.1, 0.15) is 5.82 Å². The van der Waals surface area contributed by atoms with Gasteiger partial charge >= 0.3 is 6.54 Å². The van der Waals surface area contributed by atoms with E-state index in [1.54, 1.807) is 0 Å². The number of amides is 1. The zero-order chi connectivity index (χ0) is 17.7. The van der Waals surface area contributed by atoms with Crippen LogP contribution < -0.4 is 5.59 Å². The Labute approximate surface area is 138 Å². The highest BCUT2D eigenvalue weighted by Crippen LogP contribution is 2.19. The Kier molecular flexibility index (Phi) is 5.80. The molecule has 11 heteroatoms. The number of hydrogen-bond acceptors (Lipinski definition) is 5. The van der Waals surface area contributed by atoms with E-state index < -0.39 is 28.3 Å². The van der Waals surface area contributed by atoms with Crippen LogP contribution in [0.2, 0.25) is 0 Å². The molecule has 0 aromatic heterocycles.